The van der Waals surface area contributed by atoms with Crippen LogP contribution < -0.4 is 4.74 Å². The molecule has 4 nitrogen and oxygen atoms in total. The van der Waals surface area contributed by atoms with Crippen molar-refractivity contribution in [2.75, 3.05) is 14.2 Å². The van der Waals surface area contributed by atoms with Gasteiger partial charge in [0, 0.05) is 6.42 Å². The van der Waals surface area contributed by atoms with Gasteiger partial charge in [-0.1, -0.05) is 18.2 Å². The number of methoxy groups -OCH3 is 2. The second-order valence-corrected chi connectivity index (χ2v) is 5.31. The quantitative estimate of drug-likeness (QED) is 0.627. The van der Waals surface area contributed by atoms with Gasteiger partial charge in [0.25, 0.3) is 0 Å². The van der Waals surface area contributed by atoms with E-state index in [0.29, 0.717) is 12.8 Å². The maximum atomic E-state index is 11.0. The van der Waals surface area contributed by atoms with Crippen LogP contribution >= 0.6 is 0 Å². The Labute approximate surface area is 130 Å². The normalized spacial score (nSPS) is 12.1. The maximum Gasteiger partial charge on any atom is 0.305 e. The first-order valence-corrected chi connectivity index (χ1v) is 7.46. The second kappa shape index (κ2) is 7.80. The highest BCUT2D eigenvalue weighted by Crippen LogP contribution is 2.26. The van der Waals surface area contributed by atoms with Crippen molar-refractivity contribution in [2.24, 2.45) is 0 Å². The van der Waals surface area contributed by atoms with Crippen LogP contribution in [0.1, 0.15) is 37.4 Å². The van der Waals surface area contributed by atoms with Crippen molar-refractivity contribution in [1.29, 1.82) is 0 Å². The van der Waals surface area contributed by atoms with Gasteiger partial charge in [0.2, 0.25) is 0 Å². The number of carbonyl (C=O) groups is 1. The van der Waals surface area contributed by atoms with E-state index in [-0.39, 0.29) is 5.97 Å². The molecule has 0 aromatic heterocycles. The Balaban J connectivity index is 1.96. The first kappa shape index (κ1) is 16.3. The number of aliphatic hydroxyl groups excluding tert-OH is 1. The number of benzene rings is 2. The van der Waals surface area contributed by atoms with E-state index in [1.54, 1.807) is 7.11 Å². The van der Waals surface area contributed by atoms with Gasteiger partial charge in [-0.25, -0.2) is 0 Å². The summed E-state index contributed by atoms with van der Waals surface area (Å²) in [5, 5.41) is 12.4. The predicted molar refractivity (Wildman–Crippen MR) is 85.9 cm³/mol. The third-order valence-electron chi connectivity index (χ3n) is 3.79. The summed E-state index contributed by atoms with van der Waals surface area (Å²) in [6.07, 6.45) is 2.05. The van der Waals surface area contributed by atoms with Crippen LogP contribution in [0.25, 0.3) is 10.8 Å². The van der Waals surface area contributed by atoms with Gasteiger partial charge in [0.15, 0.2) is 0 Å². The zero-order chi connectivity index (χ0) is 15.9. The molecular formula is C18H22O4. The Kier molecular flexibility index (Phi) is 5.78. The summed E-state index contributed by atoms with van der Waals surface area (Å²) in [6.45, 7) is 0. The Bertz CT molecular complexity index is 636. The fraction of sp³-hybridized carbons (Fsp3) is 0.389. The van der Waals surface area contributed by atoms with Crippen LogP contribution in [0.5, 0.6) is 5.75 Å². The summed E-state index contributed by atoms with van der Waals surface area (Å²) in [5.41, 5.74) is 0.899. The van der Waals surface area contributed by atoms with Gasteiger partial charge < -0.3 is 14.6 Å². The summed E-state index contributed by atoms with van der Waals surface area (Å²) in [4.78, 5) is 11.0. The highest BCUT2D eigenvalue weighted by Gasteiger charge is 2.09. The van der Waals surface area contributed by atoms with Crippen molar-refractivity contribution in [3.8, 4) is 5.75 Å². The lowest BCUT2D eigenvalue weighted by Gasteiger charge is -2.12. The Hall–Kier alpha value is -2.07. The lowest BCUT2D eigenvalue weighted by atomic mass is 9.99. The average molecular weight is 302 g/mol. The van der Waals surface area contributed by atoms with E-state index in [9.17, 15) is 9.90 Å². The van der Waals surface area contributed by atoms with Gasteiger partial charge in [-0.05, 0) is 53.8 Å². The van der Waals surface area contributed by atoms with Crippen LogP contribution in [0.4, 0.5) is 0 Å². The molecule has 0 fully saturated rings. The van der Waals surface area contributed by atoms with Crippen molar-refractivity contribution in [3.05, 3.63) is 42.0 Å². The van der Waals surface area contributed by atoms with E-state index in [4.69, 9.17) is 4.74 Å². The third kappa shape index (κ3) is 4.21. The molecule has 2 rings (SSSR count). The number of fused-ring (bicyclic) bond motifs is 1. The molecule has 4 heteroatoms. The number of carbonyl (C=O) groups excluding carboxylic acids is 1. The van der Waals surface area contributed by atoms with Crippen molar-refractivity contribution in [2.45, 2.75) is 31.8 Å². The molecular weight excluding hydrogens is 280 g/mol. The molecule has 1 atom stereocenters. The molecule has 0 amide bonds. The maximum absolute atomic E-state index is 11.0. The fourth-order valence-corrected chi connectivity index (χ4v) is 2.45. The average Bonchev–Trinajstić information content (AvgIpc) is 2.57. The SMILES string of the molecule is COC(=O)CCCCC(O)c1ccc2cc(OC)ccc2c1. The fourth-order valence-electron chi connectivity index (χ4n) is 2.45. The molecule has 0 heterocycles. The van der Waals surface area contributed by atoms with E-state index in [2.05, 4.69) is 4.74 Å². The molecule has 1 unspecified atom stereocenters. The molecule has 0 saturated carbocycles. The van der Waals surface area contributed by atoms with E-state index in [1.165, 1.54) is 7.11 Å². The summed E-state index contributed by atoms with van der Waals surface area (Å²) in [5.74, 6) is 0.623. The van der Waals surface area contributed by atoms with E-state index in [0.717, 1.165) is 34.9 Å². The molecule has 2 aromatic rings. The van der Waals surface area contributed by atoms with Crippen molar-refractivity contribution in [3.63, 3.8) is 0 Å². The van der Waals surface area contributed by atoms with Gasteiger partial charge in [-0.2, -0.15) is 0 Å². The third-order valence-corrected chi connectivity index (χ3v) is 3.79. The topological polar surface area (TPSA) is 55.8 Å². The van der Waals surface area contributed by atoms with Crippen LogP contribution in [-0.4, -0.2) is 25.3 Å². The van der Waals surface area contributed by atoms with Gasteiger partial charge in [0.05, 0.1) is 20.3 Å². The van der Waals surface area contributed by atoms with Crippen LogP contribution in [-0.2, 0) is 9.53 Å². The lowest BCUT2D eigenvalue weighted by Crippen LogP contribution is -2.01. The standard InChI is InChI=1S/C18H22O4/c1-21-16-10-9-13-11-15(8-7-14(13)12-16)17(19)5-3-4-6-18(20)22-2/h7-12,17,19H,3-6H2,1-2H3. The second-order valence-electron chi connectivity index (χ2n) is 5.31. The van der Waals surface area contributed by atoms with Crippen LogP contribution in [0.3, 0.4) is 0 Å². The number of hydrogen-bond acceptors (Lipinski definition) is 4. The number of aliphatic hydroxyl groups is 1. The van der Waals surface area contributed by atoms with Crippen LogP contribution in [0, 0.1) is 0 Å². The molecule has 0 aliphatic carbocycles. The molecule has 0 bridgehead atoms. The minimum Gasteiger partial charge on any atom is -0.497 e. The number of esters is 1. The minimum absolute atomic E-state index is 0.200. The lowest BCUT2D eigenvalue weighted by molar-refractivity contribution is -0.140. The number of ether oxygens (including phenoxy) is 2. The highest BCUT2D eigenvalue weighted by atomic mass is 16.5. The Morgan fingerprint density at radius 2 is 1.82 bits per heavy atom. The van der Waals surface area contributed by atoms with Gasteiger partial charge >= 0.3 is 5.97 Å². The van der Waals surface area contributed by atoms with Crippen molar-refractivity contribution in [1.82, 2.24) is 0 Å². The summed E-state index contributed by atoms with van der Waals surface area (Å²) >= 11 is 0. The molecule has 118 valence electrons. The molecule has 0 aliphatic heterocycles. The molecule has 1 N–H and O–H groups in total. The van der Waals surface area contributed by atoms with Crippen LogP contribution in [0.15, 0.2) is 36.4 Å². The highest BCUT2D eigenvalue weighted by molar-refractivity contribution is 5.84. The van der Waals surface area contributed by atoms with Gasteiger partial charge in [-0.3, -0.25) is 4.79 Å². The predicted octanol–water partition coefficient (Wildman–Crippen LogP) is 3.62. The Morgan fingerprint density at radius 1 is 1.09 bits per heavy atom. The summed E-state index contributed by atoms with van der Waals surface area (Å²) < 4.78 is 9.80. The number of unbranched alkanes of at least 4 members (excludes halogenated alkanes) is 1. The smallest absolute Gasteiger partial charge is 0.305 e. The molecule has 0 saturated heterocycles. The molecule has 0 radical (unpaired) electrons. The number of hydrogen-bond donors (Lipinski definition) is 1. The zero-order valence-electron chi connectivity index (χ0n) is 13.0. The summed E-state index contributed by atoms with van der Waals surface area (Å²) in [7, 11) is 3.04. The summed E-state index contributed by atoms with van der Waals surface area (Å²) in [6, 6.07) is 11.8. The first-order chi connectivity index (χ1) is 10.6. The molecule has 0 aliphatic rings. The molecule has 0 spiro atoms. The first-order valence-electron chi connectivity index (χ1n) is 7.46. The molecule has 22 heavy (non-hydrogen) atoms. The van der Waals surface area contributed by atoms with Gasteiger partial charge in [-0.15, -0.1) is 0 Å². The van der Waals surface area contributed by atoms with E-state index >= 15 is 0 Å². The monoisotopic (exact) mass is 302 g/mol. The van der Waals surface area contributed by atoms with E-state index < -0.39 is 6.10 Å². The van der Waals surface area contributed by atoms with Crippen LogP contribution in [0.2, 0.25) is 0 Å². The minimum atomic E-state index is -0.510. The number of rotatable bonds is 7. The zero-order valence-corrected chi connectivity index (χ0v) is 13.0. The molecule has 2 aromatic carbocycles. The Morgan fingerprint density at radius 3 is 2.55 bits per heavy atom. The van der Waals surface area contributed by atoms with Gasteiger partial charge in [0.1, 0.15) is 5.75 Å². The van der Waals surface area contributed by atoms with Crippen molar-refractivity contribution >= 4 is 16.7 Å². The largest absolute Gasteiger partial charge is 0.497 e. The van der Waals surface area contributed by atoms with E-state index in [1.807, 2.05) is 36.4 Å². The van der Waals surface area contributed by atoms with Crippen molar-refractivity contribution < 1.29 is 19.4 Å².